The number of benzene rings is 1. The molecule has 0 fully saturated rings. The Morgan fingerprint density at radius 3 is 2.90 bits per heavy atom. The maximum absolute atomic E-state index is 12.0. The number of hydrogen-bond acceptors (Lipinski definition) is 4. The highest BCUT2D eigenvalue weighted by atomic mass is 35.5. The molecule has 21 heavy (non-hydrogen) atoms. The monoisotopic (exact) mass is 305 g/mol. The number of carbonyl (C=O) groups excluding carboxylic acids is 1. The molecule has 1 atom stereocenters. The van der Waals surface area contributed by atoms with Gasteiger partial charge in [0.2, 0.25) is 12.7 Å². The van der Waals surface area contributed by atoms with Crippen molar-refractivity contribution in [1.82, 2.24) is 9.78 Å². The van der Waals surface area contributed by atoms with Crippen molar-refractivity contribution in [2.24, 2.45) is 7.05 Å². The molecule has 108 valence electrons. The number of ether oxygens (including phenoxy) is 2. The zero-order valence-electron chi connectivity index (χ0n) is 11.2. The van der Waals surface area contributed by atoms with Crippen LogP contribution in [0.1, 0.15) is 23.5 Å². The Balaban J connectivity index is 1.85. The first-order chi connectivity index (χ1) is 10.1. The number of aryl methyl sites for hydroxylation is 1. The highest BCUT2D eigenvalue weighted by molar-refractivity contribution is 6.31. The Hall–Kier alpha value is -2.21. The van der Waals surface area contributed by atoms with Gasteiger partial charge in [0.05, 0.1) is 6.20 Å². The molecule has 1 aromatic carbocycles. The minimum absolute atomic E-state index is 0.0511. The number of amides is 1. The first-order valence-electron chi connectivity index (χ1n) is 6.54. The van der Waals surface area contributed by atoms with E-state index in [0.717, 1.165) is 11.1 Å². The molecule has 0 radical (unpaired) electrons. The Labute approximate surface area is 125 Å². The van der Waals surface area contributed by atoms with Gasteiger partial charge in [-0.25, -0.2) is 0 Å². The first-order valence-corrected chi connectivity index (χ1v) is 6.92. The third-order valence-corrected chi connectivity index (χ3v) is 4.18. The molecule has 0 saturated carbocycles. The molecule has 2 aliphatic heterocycles. The van der Waals surface area contributed by atoms with Crippen LogP contribution >= 0.6 is 11.6 Å². The number of aromatic nitrogens is 2. The van der Waals surface area contributed by atoms with Crippen LogP contribution in [0.25, 0.3) is 0 Å². The molecular formula is C14H12ClN3O3. The van der Waals surface area contributed by atoms with E-state index < -0.39 is 0 Å². The molecule has 2 aliphatic rings. The fourth-order valence-electron chi connectivity index (χ4n) is 2.82. The van der Waals surface area contributed by atoms with Crippen molar-refractivity contribution in [3.05, 3.63) is 34.5 Å². The van der Waals surface area contributed by atoms with E-state index >= 15 is 0 Å². The Bertz CT molecular complexity index is 756. The number of nitrogens with zero attached hydrogens (tertiary/aromatic N) is 2. The van der Waals surface area contributed by atoms with Crippen molar-refractivity contribution < 1.29 is 14.3 Å². The zero-order chi connectivity index (χ0) is 14.6. The summed E-state index contributed by atoms with van der Waals surface area (Å²) >= 11 is 6.37. The first kappa shape index (κ1) is 12.5. The fourth-order valence-corrected chi connectivity index (χ4v) is 3.10. The summed E-state index contributed by atoms with van der Waals surface area (Å²) in [5.41, 5.74) is 1.81. The van der Waals surface area contributed by atoms with Crippen molar-refractivity contribution in [3.63, 3.8) is 0 Å². The summed E-state index contributed by atoms with van der Waals surface area (Å²) < 4.78 is 12.4. The maximum Gasteiger partial charge on any atom is 0.231 e. The van der Waals surface area contributed by atoms with E-state index in [-0.39, 0.29) is 18.6 Å². The molecular weight excluding hydrogens is 294 g/mol. The third kappa shape index (κ3) is 1.86. The summed E-state index contributed by atoms with van der Waals surface area (Å²) in [6.07, 6.45) is 2.10. The second kappa shape index (κ2) is 4.39. The van der Waals surface area contributed by atoms with Crippen LogP contribution in [0.15, 0.2) is 18.3 Å². The smallest absolute Gasteiger partial charge is 0.231 e. The number of anilines is 1. The van der Waals surface area contributed by atoms with Crippen LogP contribution in [0.4, 0.5) is 5.82 Å². The van der Waals surface area contributed by atoms with E-state index in [4.69, 9.17) is 21.1 Å². The lowest BCUT2D eigenvalue weighted by atomic mass is 9.87. The number of rotatable bonds is 1. The minimum Gasteiger partial charge on any atom is -0.454 e. The van der Waals surface area contributed by atoms with Gasteiger partial charge < -0.3 is 14.8 Å². The molecule has 1 amide bonds. The molecule has 1 aromatic heterocycles. The van der Waals surface area contributed by atoms with Gasteiger partial charge in [0.25, 0.3) is 0 Å². The SMILES string of the molecule is Cn1ncc2c1NC(=O)C[C@H]2c1cc2c(cc1Cl)OCO2. The molecule has 4 rings (SSSR count). The van der Waals surface area contributed by atoms with Gasteiger partial charge in [-0.1, -0.05) is 11.6 Å². The predicted molar refractivity (Wildman–Crippen MR) is 75.9 cm³/mol. The van der Waals surface area contributed by atoms with Crippen LogP contribution in [0.2, 0.25) is 5.02 Å². The molecule has 0 saturated heterocycles. The molecule has 0 aliphatic carbocycles. The largest absolute Gasteiger partial charge is 0.454 e. The standard InChI is InChI=1S/C14H12ClN3O3/c1-18-14-9(5-16-18)7(3-13(19)17-14)8-2-11-12(4-10(8)15)21-6-20-11/h2,4-5,7H,3,6H2,1H3,(H,17,19)/t7-/m0/s1. The van der Waals surface area contributed by atoms with Crippen molar-refractivity contribution >= 4 is 23.3 Å². The van der Waals surface area contributed by atoms with Crippen LogP contribution in [0, 0.1) is 0 Å². The lowest BCUT2D eigenvalue weighted by Gasteiger charge is -2.24. The van der Waals surface area contributed by atoms with Gasteiger partial charge in [0.15, 0.2) is 11.5 Å². The van der Waals surface area contributed by atoms with E-state index in [9.17, 15) is 4.79 Å². The Morgan fingerprint density at radius 1 is 1.33 bits per heavy atom. The lowest BCUT2D eigenvalue weighted by molar-refractivity contribution is -0.116. The van der Waals surface area contributed by atoms with Crippen LogP contribution in [0.3, 0.4) is 0 Å². The summed E-state index contributed by atoms with van der Waals surface area (Å²) in [6.45, 7) is 0.193. The van der Waals surface area contributed by atoms with E-state index in [0.29, 0.717) is 28.8 Å². The number of carbonyl (C=O) groups is 1. The molecule has 7 heteroatoms. The van der Waals surface area contributed by atoms with E-state index in [1.807, 2.05) is 6.07 Å². The average Bonchev–Trinajstić information content (AvgIpc) is 3.04. The predicted octanol–water partition coefficient (Wildman–Crippen LogP) is 2.28. The molecule has 0 bridgehead atoms. The quantitative estimate of drug-likeness (QED) is 0.878. The van der Waals surface area contributed by atoms with Gasteiger partial charge >= 0.3 is 0 Å². The molecule has 0 unspecified atom stereocenters. The highest BCUT2D eigenvalue weighted by Gasteiger charge is 2.32. The second-order valence-electron chi connectivity index (χ2n) is 5.10. The van der Waals surface area contributed by atoms with Gasteiger partial charge in [0, 0.05) is 36.0 Å². The maximum atomic E-state index is 12.0. The average molecular weight is 306 g/mol. The van der Waals surface area contributed by atoms with E-state index in [2.05, 4.69) is 10.4 Å². The van der Waals surface area contributed by atoms with Crippen LogP contribution < -0.4 is 14.8 Å². The van der Waals surface area contributed by atoms with E-state index in [1.165, 1.54) is 0 Å². The zero-order valence-corrected chi connectivity index (χ0v) is 12.0. The van der Waals surface area contributed by atoms with E-state index in [1.54, 1.807) is 24.0 Å². The summed E-state index contributed by atoms with van der Waals surface area (Å²) in [6, 6.07) is 3.59. The fraction of sp³-hybridized carbons (Fsp3) is 0.286. The number of hydrogen-bond donors (Lipinski definition) is 1. The second-order valence-corrected chi connectivity index (χ2v) is 5.51. The van der Waals surface area contributed by atoms with Gasteiger partial charge in [-0.2, -0.15) is 5.10 Å². The Morgan fingerprint density at radius 2 is 2.10 bits per heavy atom. The third-order valence-electron chi connectivity index (χ3n) is 3.86. The molecule has 6 nitrogen and oxygen atoms in total. The lowest BCUT2D eigenvalue weighted by Crippen LogP contribution is -2.24. The van der Waals surface area contributed by atoms with Gasteiger partial charge in [-0.05, 0) is 11.6 Å². The highest BCUT2D eigenvalue weighted by Crippen LogP contribution is 2.44. The van der Waals surface area contributed by atoms with Crippen LogP contribution in [-0.4, -0.2) is 22.5 Å². The number of nitrogens with one attached hydrogen (secondary N) is 1. The molecule has 2 aromatic rings. The van der Waals surface area contributed by atoms with Crippen molar-refractivity contribution in [2.75, 3.05) is 12.1 Å². The van der Waals surface area contributed by atoms with Crippen molar-refractivity contribution in [1.29, 1.82) is 0 Å². The summed E-state index contributed by atoms with van der Waals surface area (Å²) in [7, 11) is 1.79. The van der Waals surface area contributed by atoms with Gasteiger partial charge in [-0.15, -0.1) is 0 Å². The van der Waals surface area contributed by atoms with Crippen LogP contribution in [-0.2, 0) is 11.8 Å². The topological polar surface area (TPSA) is 65.4 Å². The summed E-state index contributed by atoms with van der Waals surface area (Å²) in [5.74, 6) is 1.82. The molecule has 3 heterocycles. The minimum atomic E-state index is -0.135. The van der Waals surface area contributed by atoms with Gasteiger partial charge in [0.1, 0.15) is 5.82 Å². The normalized spacial score (nSPS) is 19.3. The number of halogens is 1. The van der Waals surface area contributed by atoms with Crippen molar-refractivity contribution in [3.8, 4) is 11.5 Å². The van der Waals surface area contributed by atoms with Gasteiger partial charge in [-0.3, -0.25) is 9.48 Å². The summed E-state index contributed by atoms with van der Waals surface area (Å²) in [5, 5.41) is 7.62. The molecule has 1 N–H and O–H groups in total. The molecule has 0 spiro atoms. The Kier molecular flexibility index (Phi) is 2.62. The summed E-state index contributed by atoms with van der Waals surface area (Å²) in [4.78, 5) is 12.0. The van der Waals surface area contributed by atoms with Crippen LogP contribution in [0.5, 0.6) is 11.5 Å². The van der Waals surface area contributed by atoms with Crippen molar-refractivity contribution in [2.45, 2.75) is 12.3 Å². The number of fused-ring (bicyclic) bond motifs is 2.